The van der Waals surface area contributed by atoms with E-state index >= 15 is 0 Å². The van der Waals surface area contributed by atoms with Crippen molar-refractivity contribution in [3.63, 3.8) is 0 Å². The molecule has 0 radical (unpaired) electrons. The normalized spacial score (nSPS) is 19.6. The Morgan fingerprint density at radius 3 is 2.81 bits per heavy atom. The molecule has 0 aromatic carbocycles. The maximum absolute atomic E-state index is 11.9. The molecule has 1 aliphatic carbocycles. The molecule has 1 aromatic rings. The van der Waals surface area contributed by atoms with Gasteiger partial charge in [-0.1, -0.05) is 19.3 Å². The maximum Gasteiger partial charge on any atom is 0.165 e. The average molecular weight is 238 g/mol. The van der Waals surface area contributed by atoms with Crippen LogP contribution in [0.15, 0.2) is 16.8 Å². The fraction of sp³-hybridized carbons (Fsp3) is 0.615. The van der Waals surface area contributed by atoms with Crippen molar-refractivity contribution in [2.45, 2.75) is 44.6 Å². The molecule has 0 bridgehead atoms. The first-order valence-corrected chi connectivity index (χ1v) is 6.93. The van der Waals surface area contributed by atoms with Gasteiger partial charge in [-0.3, -0.25) is 4.79 Å². The van der Waals surface area contributed by atoms with Gasteiger partial charge in [0.05, 0.1) is 0 Å². The number of aliphatic hydroxyl groups is 1. The van der Waals surface area contributed by atoms with Crippen LogP contribution in [0.25, 0.3) is 0 Å². The highest BCUT2D eigenvalue weighted by molar-refractivity contribution is 7.07. The number of ketones is 1. The summed E-state index contributed by atoms with van der Waals surface area (Å²) in [6.45, 7) is 0. The molecule has 1 heterocycles. The van der Waals surface area contributed by atoms with Gasteiger partial charge in [0.1, 0.15) is 6.10 Å². The summed E-state index contributed by atoms with van der Waals surface area (Å²) in [7, 11) is 0. The van der Waals surface area contributed by atoms with Crippen molar-refractivity contribution in [3.8, 4) is 0 Å². The number of carbonyl (C=O) groups excluding carboxylic acids is 1. The zero-order chi connectivity index (χ0) is 11.4. The van der Waals surface area contributed by atoms with Gasteiger partial charge in [-0.05, 0) is 41.1 Å². The Bertz CT molecular complexity index is 326. The van der Waals surface area contributed by atoms with E-state index < -0.39 is 6.10 Å². The van der Waals surface area contributed by atoms with Crippen LogP contribution >= 0.6 is 11.3 Å². The van der Waals surface area contributed by atoms with E-state index in [1.807, 2.05) is 16.8 Å². The largest absolute Gasteiger partial charge is 0.385 e. The Morgan fingerprint density at radius 1 is 1.44 bits per heavy atom. The summed E-state index contributed by atoms with van der Waals surface area (Å²) in [6, 6.07) is 1.95. The number of aliphatic hydroxyl groups excluding tert-OH is 1. The summed E-state index contributed by atoms with van der Waals surface area (Å²) in [6.07, 6.45) is 5.25. The van der Waals surface area contributed by atoms with E-state index in [1.54, 1.807) is 11.3 Å². The molecule has 0 aliphatic heterocycles. The SMILES string of the molecule is O=C(Cc1ccsc1)C(O)C1CCCCC1. The van der Waals surface area contributed by atoms with E-state index in [0.29, 0.717) is 6.42 Å². The Hall–Kier alpha value is -0.670. The second-order valence-corrected chi connectivity index (χ2v) is 5.40. The summed E-state index contributed by atoms with van der Waals surface area (Å²) in [5.41, 5.74) is 1.03. The maximum atomic E-state index is 11.9. The van der Waals surface area contributed by atoms with Gasteiger partial charge in [0, 0.05) is 6.42 Å². The average Bonchev–Trinajstić information content (AvgIpc) is 2.82. The standard InChI is InChI=1S/C13H18O2S/c14-12(8-10-6-7-16-9-10)13(15)11-4-2-1-3-5-11/h6-7,9,11,13,15H,1-5,8H2. The quantitative estimate of drug-likeness (QED) is 0.875. The number of rotatable bonds is 4. The lowest BCUT2D eigenvalue weighted by atomic mass is 9.83. The number of carbonyl (C=O) groups is 1. The number of hydrogen-bond acceptors (Lipinski definition) is 3. The first-order chi connectivity index (χ1) is 7.77. The van der Waals surface area contributed by atoms with E-state index in [0.717, 1.165) is 31.2 Å². The molecule has 0 amide bonds. The Morgan fingerprint density at radius 2 is 2.19 bits per heavy atom. The van der Waals surface area contributed by atoms with Crippen molar-refractivity contribution >= 4 is 17.1 Å². The molecular formula is C13H18O2S. The molecule has 1 N–H and O–H groups in total. The number of Topliss-reactive ketones (excluding diaryl/α,β-unsaturated/α-hetero) is 1. The van der Waals surface area contributed by atoms with E-state index in [1.165, 1.54) is 6.42 Å². The lowest BCUT2D eigenvalue weighted by Crippen LogP contribution is -2.32. The highest BCUT2D eigenvalue weighted by Gasteiger charge is 2.27. The van der Waals surface area contributed by atoms with Crippen LogP contribution in [0.5, 0.6) is 0 Å². The summed E-state index contributed by atoms with van der Waals surface area (Å²) in [5.74, 6) is 0.199. The van der Waals surface area contributed by atoms with Crippen molar-refractivity contribution in [2.24, 2.45) is 5.92 Å². The predicted molar refractivity (Wildman–Crippen MR) is 65.6 cm³/mol. The zero-order valence-electron chi connectivity index (χ0n) is 9.39. The van der Waals surface area contributed by atoms with Crippen LogP contribution in [0.4, 0.5) is 0 Å². The molecule has 16 heavy (non-hydrogen) atoms. The Kier molecular flexibility index (Phi) is 4.13. The van der Waals surface area contributed by atoms with E-state index in [4.69, 9.17) is 0 Å². The van der Waals surface area contributed by atoms with Gasteiger partial charge in [0.25, 0.3) is 0 Å². The minimum atomic E-state index is -0.736. The molecule has 1 aliphatic rings. The van der Waals surface area contributed by atoms with Gasteiger partial charge in [-0.25, -0.2) is 0 Å². The molecule has 1 aromatic heterocycles. The second kappa shape index (κ2) is 5.60. The molecular weight excluding hydrogens is 220 g/mol. The monoisotopic (exact) mass is 238 g/mol. The van der Waals surface area contributed by atoms with E-state index in [2.05, 4.69) is 0 Å². The Labute approximate surface area is 100 Å². The minimum absolute atomic E-state index is 0.00898. The van der Waals surface area contributed by atoms with Gasteiger partial charge >= 0.3 is 0 Å². The van der Waals surface area contributed by atoms with Crippen LogP contribution in [-0.2, 0) is 11.2 Å². The molecule has 1 atom stereocenters. The van der Waals surface area contributed by atoms with Gasteiger partial charge in [0.2, 0.25) is 0 Å². The van der Waals surface area contributed by atoms with E-state index in [-0.39, 0.29) is 11.7 Å². The molecule has 2 rings (SSSR count). The summed E-state index contributed by atoms with van der Waals surface area (Å²) in [5, 5.41) is 13.9. The third-order valence-electron chi connectivity index (χ3n) is 3.38. The number of hydrogen-bond donors (Lipinski definition) is 1. The molecule has 2 nitrogen and oxygen atoms in total. The summed E-state index contributed by atoms with van der Waals surface area (Å²) in [4.78, 5) is 11.9. The molecule has 1 unspecified atom stereocenters. The van der Waals surface area contributed by atoms with E-state index in [9.17, 15) is 9.90 Å². The summed E-state index contributed by atoms with van der Waals surface area (Å²) < 4.78 is 0. The molecule has 3 heteroatoms. The van der Waals surface area contributed by atoms with Gasteiger partial charge in [-0.2, -0.15) is 11.3 Å². The van der Waals surface area contributed by atoms with Crippen LogP contribution in [0.1, 0.15) is 37.7 Å². The molecule has 0 spiro atoms. The summed E-state index contributed by atoms with van der Waals surface area (Å²) >= 11 is 1.60. The van der Waals surface area contributed by atoms with Crippen molar-refractivity contribution in [1.29, 1.82) is 0 Å². The first-order valence-electron chi connectivity index (χ1n) is 5.99. The van der Waals surface area contributed by atoms with Crippen LogP contribution in [-0.4, -0.2) is 17.0 Å². The van der Waals surface area contributed by atoms with Gasteiger partial charge in [0.15, 0.2) is 5.78 Å². The highest BCUT2D eigenvalue weighted by atomic mass is 32.1. The van der Waals surface area contributed by atoms with Crippen LogP contribution in [0, 0.1) is 5.92 Å². The van der Waals surface area contributed by atoms with Crippen molar-refractivity contribution in [1.82, 2.24) is 0 Å². The van der Waals surface area contributed by atoms with Gasteiger partial charge < -0.3 is 5.11 Å². The minimum Gasteiger partial charge on any atom is -0.385 e. The van der Waals surface area contributed by atoms with Crippen LogP contribution < -0.4 is 0 Å². The first kappa shape index (κ1) is 11.8. The van der Waals surface area contributed by atoms with Crippen molar-refractivity contribution < 1.29 is 9.90 Å². The third kappa shape index (κ3) is 2.92. The molecule has 88 valence electrons. The molecule has 1 saturated carbocycles. The van der Waals surface area contributed by atoms with Crippen LogP contribution in [0.2, 0.25) is 0 Å². The third-order valence-corrected chi connectivity index (χ3v) is 4.12. The Balaban J connectivity index is 1.88. The lowest BCUT2D eigenvalue weighted by Gasteiger charge is -2.25. The lowest BCUT2D eigenvalue weighted by molar-refractivity contribution is -0.129. The molecule has 0 saturated heterocycles. The van der Waals surface area contributed by atoms with Gasteiger partial charge in [-0.15, -0.1) is 0 Å². The molecule has 1 fully saturated rings. The fourth-order valence-corrected chi connectivity index (χ4v) is 3.08. The van der Waals surface area contributed by atoms with Crippen molar-refractivity contribution in [3.05, 3.63) is 22.4 Å². The topological polar surface area (TPSA) is 37.3 Å². The predicted octanol–water partition coefficient (Wildman–Crippen LogP) is 2.80. The second-order valence-electron chi connectivity index (χ2n) is 4.62. The fourth-order valence-electron chi connectivity index (χ4n) is 2.41. The highest BCUT2D eigenvalue weighted by Crippen LogP contribution is 2.27. The van der Waals surface area contributed by atoms with Crippen molar-refractivity contribution in [2.75, 3.05) is 0 Å². The number of thiophene rings is 1. The smallest absolute Gasteiger partial charge is 0.165 e. The zero-order valence-corrected chi connectivity index (χ0v) is 10.2. The van der Waals surface area contributed by atoms with Crippen LogP contribution in [0.3, 0.4) is 0 Å².